The van der Waals surface area contributed by atoms with Gasteiger partial charge in [0.15, 0.2) is 0 Å². The third-order valence-electron chi connectivity index (χ3n) is 6.31. The number of hydrogen-bond acceptors (Lipinski definition) is 4. The maximum absolute atomic E-state index is 13.2. The first-order valence-electron chi connectivity index (χ1n) is 11.5. The Morgan fingerprint density at radius 3 is 2.54 bits per heavy atom. The highest BCUT2D eigenvalue weighted by Gasteiger charge is 2.31. The number of esters is 1. The fourth-order valence-electron chi connectivity index (χ4n) is 4.51. The molecule has 35 heavy (non-hydrogen) atoms. The molecule has 2 aliphatic heterocycles. The van der Waals surface area contributed by atoms with Crippen LogP contribution in [0, 0.1) is 5.82 Å². The zero-order chi connectivity index (χ0) is 24.4. The van der Waals surface area contributed by atoms with Gasteiger partial charge in [-0.2, -0.15) is 0 Å². The second-order valence-corrected chi connectivity index (χ2v) is 8.72. The molecule has 1 fully saturated rings. The summed E-state index contributed by atoms with van der Waals surface area (Å²) in [6.45, 7) is 0.882. The fourth-order valence-corrected chi connectivity index (χ4v) is 4.51. The van der Waals surface area contributed by atoms with Crippen LogP contribution in [0.1, 0.15) is 44.4 Å². The quantitative estimate of drug-likeness (QED) is 0.553. The van der Waals surface area contributed by atoms with Crippen molar-refractivity contribution in [1.29, 1.82) is 0 Å². The van der Waals surface area contributed by atoms with Crippen LogP contribution in [0.15, 0.2) is 72.8 Å². The predicted molar refractivity (Wildman–Crippen MR) is 128 cm³/mol. The standard InChI is InChI=1S/C27H24FN3O4/c28-20-7-9-21(10-8-20)29-27(34)30-22-12-13-31(16-22)25(32)18-6-11-23-19(14-18)15-24(35-26(23)33)17-4-2-1-3-5-17/h1-11,14,22,24H,12-13,15-16H2,(H2,29,30,34). The number of rotatable bonds is 4. The number of ether oxygens (including phenoxy) is 1. The first-order chi connectivity index (χ1) is 17.0. The number of cyclic esters (lactones) is 1. The van der Waals surface area contributed by atoms with Crippen LogP contribution in [0.25, 0.3) is 0 Å². The van der Waals surface area contributed by atoms with Gasteiger partial charge in [0.05, 0.1) is 5.56 Å². The van der Waals surface area contributed by atoms with Crippen LogP contribution in [0.4, 0.5) is 14.9 Å². The van der Waals surface area contributed by atoms with Crippen LogP contribution in [0.5, 0.6) is 0 Å². The average Bonchev–Trinajstić information content (AvgIpc) is 3.33. The highest BCUT2D eigenvalue weighted by atomic mass is 19.1. The Labute approximate surface area is 201 Å². The molecule has 1 saturated heterocycles. The van der Waals surface area contributed by atoms with Crippen molar-refractivity contribution in [2.45, 2.75) is 25.0 Å². The zero-order valence-electron chi connectivity index (χ0n) is 18.9. The highest BCUT2D eigenvalue weighted by Crippen LogP contribution is 2.31. The minimum Gasteiger partial charge on any atom is -0.454 e. The van der Waals surface area contributed by atoms with E-state index in [9.17, 15) is 18.8 Å². The topological polar surface area (TPSA) is 87.7 Å². The molecule has 2 heterocycles. The normalized spacial score (nSPS) is 19.0. The summed E-state index contributed by atoms with van der Waals surface area (Å²) >= 11 is 0. The van der Waals surface area contributed by atoms with Crippen LogP contribution in [0.2, 0.25) is 0 Å². The van der Waals surface area contributed by atoms with Crippen molar-refractivity contribution >= 4 is 23.6 Å². The minimum atomic E-state index is -0.407. The fraction of sp³-hybridized carbons (Fsp3) is 0.222. The van der Waals surface area contributed by atoms with Gasteiger partial charge in [0.25, 0.3) is 5.91 Å². The van der Waals surface area contributed by atoms with E-state index in [-0.39, 0.29) is 23.9 Å². The van der Waals surface area contributed by atoms with Crippen molar-refractivity contribution in [3.8, 4) is 0 Å². The maximum Gasteiger partial charge on any atom is 0.339 e. The van der Waals surface area contributed by atoms with Crippen molar-refractivity contribution in [3.63, 3.8) is 0 Å². The third kappa shape index (κ3) is 5.01. The van der Waals surface area contributed by atoms with Gasteiger partial charge in [0, 0.05) is 36.8 Å². The third-order valence-corrected chi connectivity index (χ3v) is 6.31. The van der Waals surface area contributed by atoms with Gasteiger partial charge in [0.1, 0.15) is 11.9 Å². The summed E-state index contributed by atoms with van der Waals surface area (Å²) in [6, 6.07) is 19.5. The molecule has 0 bridgehead atoms. The largest absolute Gasteiger partial charge is 0.454 e. The van der Waals surface area contributed by atoms with Crippen LogP contribution < -0.4 is 10.6 Å². The summed E-state index contributed by atoms with van der Waals surface area (Å²) < 4.78 is 18.6. The number of carbonyl (C=O) groups is 3. The summed E-state index contributed by atoms with van der Waals surface area (Å²) in [7, 11) is 0. The van der Waals surface area contributed by atoms with E-state index in [4.69, 9.17) is 4.74 Å². The smallest absolute Gasteiger partial charge is 0.339 e. The van der Waals surface area contributed by atoms with Gasteiger partial charge >= 0.3 is 12.0 Å². The number of carbonyl (C=O) groups excluding carboxylic acids is 3. The minimum absolute atomic E-state index is 0.147. The molecule has 2 N–H and O–H groups in total. The predicted octanol–water partition coefficient (Wildman–Crippen LogP) is 4.32. The van der Waals surface area contributed by atoms with E-state index in [0.29, 0.717) is 42.7 Å². The molecule has 2 aliphatic rings. The van der Waals surface area contributed by atoms with E-state index in [1.807, 2.05) is 30.3 Å². The van der Waals surface area contributed by atoms with E-state index in [1.165, 1.54) is 24.3 Å². The van der Waals surface area contributed by atoms with Crippen LogP contribution in [0.3, 0.4) is 0 Å². The molecule has 0 aliphatic carbocycles. The van der Waals surface area contributed by atoms with E-state index in [0.717, 1.165) is 11.1 Å². The zero-order valence-corrected chi connectivity index (χ0v) is 18.9. The van der Waals surface area contributed by atoms with E-state index < -0.39 is 12.0 Å². The summed E-state index contributed by atoms with van der Waals surface area (Å²) in [5.41, 5.74) is 3.16. The molecule has 2 atom stereocenters. The molecule has 0 saturated carbocycles. The number of fused-ring (bicyclic) bond motifs is 1. The van der Waals surface area contributed by atoms with Crippen molar-refractivity contribution in [1.82, 2.24) is 10.2 Å². The molecule has 3 aromatic carbocycles. The Morgan fingerprint density at radius 1 is 1.00 bits per heavy atom. The lowest BCUT2D eigenvalue weighted by Crippen LogP contribution is -2.40. The van der Waals surface area contributed by atoms with Gasteiger partial charge in [0.2, 0.25) is 0 Å². The van der Waals surface area contributed by atoms with E-state index >= 15 is 0 Å². The maximum atomic E-state index is 13.2. The van der Waals surface area contributed by atoms with E-state index in [2.05, 4.69) is 10.6 Å². The molecule has 3 amide bonds. The van der Waals surface area contributed by atoms with Crippen molar-refractivity contribution in [2.75, 3.05) is 18.4 Å². The monoisotopic (exact) mass is 473 g/mol. The number of anilines is 1. The summed E-state index contributed by atoms with van der Waals surface area (Å²) in [4.78, 5) is 39.7. The Kier molecular flexibility index (Phi) is 6.18. The Morgan fingerprint density at radius 2 is 1.77 bits per heavy atom. The van der Waals surface area contributed by atoms with Gasteiger partial charge in [-0.05, 0) is 60.0 Å². The lowest BCUT2D eigenvalue weighted by molar-refractivity contribution is 0.0252. The Hall–Kier alpha value is -4.20. The van der Waals surface area contributed by atoms with Crippen LogP contribution in [-0.4, -0.2) is 41.9 Å². The van der Waals surface area contributed by atoms with E-state index in [1.54, 1.807) is 23.1 Å². The van der Waals surface area contributed by atoms with Crippen LogP contribution in [-0.2, 0) is 11.2 Å². The van der Waals surface area contributed by atoms with Gasteiger partial charge < -0.3 is 20.3 Å². The lowest BCUT2D eigenvalue weighted by Gasteiger charge is -2.26. The molecule has 0 radical (unpaired) electrons. The molecule has 0 spiro atoms. The SMILES string of the molecule is O=C(Nc1ccc(F)cc1)NC1CCN(C(=O)c2ccc3c(c2)CC(c2ccccc2)OC3=O)C1. The molecule has 0 aromatic heterocycles. The molecular formula is C27H24FN3O4. The average molecular weight is 474 g/mol. The van der Waals surface area contributed by atoms with Gasteiger partial charge in [-0.15, -0.1) is 0 Å². The van der Waals surface area contributed by atoms with Crippen molar-refractivity contribution in [3.05, 3.63) is 101 Å². The van der Waals surface area contributed by atoms with Gasteiger partial charge in [-0.25, -0.2) is 14.0 Å². The number of amides is 3. The first kappa shape index (κ1) is 22.6. The molecule has 7 nitrogen and oxygen atoms in total. The summed E-state index contributed by atoms with van der Waals surface area (Å²) in [6.07, 6.45) is 0.733. The van der Waals surface area contributed by atoms with Crippen molar-refractivity contribution in [2.24, 2.45) is 0 Å². The number of benzene rings is 3. The number of halogens is 1. The second kappa shape index (κ2) is 9.58. The van der Waals surface area contributed by atoms with Gasteiger partial charge in [-0.1, -0.05) is 30.3 Å². The van der Waals surface area contributed by atoms with Crippen molar-refractivity contribution < 1.29 is 23.5 Å². The lowest BCUT2D eigenvalue weighted by atomic mass is 9.93. The number of nitrogens with one attached hydrogen (secondary N) is 2. The van der Waals surface area contributed by atoms with Gasteiger partial charge in [-0.3, -0.25) is 4.79 Å². The summed E-state index contributed by atoms with van der Waals surface area (Å²) in [5.74, 6) is -0.918. The Balaban J connectivity index is 1.22. The molecule has 3 aromatic rings. The number of nitrogens with zero attached hydrogens (tertiary/aromatic N) is 1. The Bertz CT molecular complexity index is 1260. The molecular weight excluding hydrogens is 449 g/mol. The summed E-state index contributed by atoms with van der Waals surface area (Å²) in [5, 5.41) is 5.52. The number of hydrogen-bond donors (Lipinski definition) is 2. The van der Waals surface area contributed by atoms with Crippen LogP contribution >= 0.6 is 0 Å². The highest BCUT2D eigenvalue weighted by molar-refractivity contribution is 5.98. The number of urea groups is 1. The molecule has 8 heteroatoms. The number of likely N-dealkylation sites (tertiary alicyclic amines) is 1. The molecule has 178 valence electrons. The molecule has 2 unspecified atom stereocenters. The first-order valence-corrected chi connectivity index (χ1v) is 11.5. The second-order valence-electron chi connectivity index (χ2n) is 8.72. The molecule has 5 rings (SSSR count).